The Morgan fingerprint density at radius 2 is 1.73 bits per heavy atom. The predicted molar refractivity (Wildman–Crippen MR) is 97.5 cm³/mol. The van der Waals surface area contributed by atoms with Gasteiger partial charge in [-0.3, -0.25) is 14.6 Å². The van der Waals surface area contributed by atoms with Gasteiger partial charge >= 0.3 is 0 Å². The highest BCUT2D eigenvalue weighted by atomic mass is 16.3. The van der Waals surface area contributed by atoms with Crippen molar-refractivity contribution in [2.75, 3.05) is 0 Å². The monoisotopic (exact) mass is 343 g/mol. The van der Waals surface area contributed by atoms with Crippen molar-refractivity contribution in [1.82, 2.24) is 0 Å². The highest BCUT2D eigenvalue weighted by Gasteiger charge is 2.48. The Morgan fingerprint density at radius 1 is 0.923 bits per heavy atom. The summed E-state index contributed by atoms with van der Waals surface area (Å²) < 4.78 is 0. The molecule has 1 heterocycles. The van der Waals surface area contributed by atoms with Crippen LogP contribution in [0.1, 0.15) is 46.7 Å². The third-order valence-corrected chi connectivity index (χ3v) is 5.60. The molecule has 26 heavy (non-hydrogen) atoms. The van der Waals surface area contributed by atoms with Gasteiger partial charge in [0.2, 0.25) is 0 Å². The summed E-state index contributed by atoms with van der Waals surface area (Å²) in [6, 6.07) is 14.4. The van der Waals surface area contributed by atoms with Crippen LogP contribution in [0, 0.1) is 5.92 Å². The van der Waals surface area contributed by atoms with E-state index in [1.807, 2.05) is 30.3 Å². The largest absolute Gasteiger partial charge is 0.508 e. The number of fused-ring (bicyclic) bond motifs is 3. The lowest BCUT2D eigenvalue weighted by atomic mass is 9.71. The average Bonchev–Trinajstić information content (AvgIpc) is 2.93. The second-order valence-electron chi connectivity index (χ2n) is 7.09. The molecular weight excluding hydrogens is 326 g/mol. The Hall–Kier alpha value is -3.01. The van der Waals surface area contributed by atoms with E-state index in [1.54, 1.807) is 18.2 Å². The van der Waals surface area contributed by atoms with Crippen LogP contribution >= 0.6 is 0 Å². The van der Waals surface area contributed by atoms with Gasteiger partial charge in [-0.25, -0.2) is 0 Å². The van der Waals surface area contributed by atoms with E-state index < -0.39 is 5.92 Å². The molecule has 2 aromatic carbocycles. The Morgan fingerprint density at radius 3 is 2.54 bits per heavy atom. The van der Waals surface area contributed by atoms with Crippen molar-refractivity contribution in [3.05, 3.63) is 76.5 Å². The number of hydrogen-bond donors (Lipinski definition) is 1. The number of benzene rings is 2. The van der Waals surface area contributed by atoms with Crippen molar-refractivity contribution >= 4 is 17.3 Å². The minimum atomic E-state index is -0.491. The van der Waals surface area contributed by atoms with E-state index in [0.29, 0.717) is 17.6 Å². The number of carbonyl (C=O) groups is 2. The number of ketones is 2. The number of phenolic OH excluding ortho intramolecular Hbond substituents is 1. The van der Waals surface area contributed by atoms with Crippen LogP contribution in [0.25, 0.3) is 0 Å². The molecule has 4 nitrogen and oxygen atoms in total. The second-order valence-corrected chi connectivity index (χ2v) is 7.09. The summed E-state index contributed by atoms with van der Waals surface area (Å²) in [5.41, 5.74) is 4.59. The van der Waals surface area contributed by atoms with Gasteiger partial charge in [-0.1, -0.05) is 36.4 Å². The Balaban J connectivity index is 1.78. The zero-order chi connectivity index (χ0) is 17.8. The molecule has 0 fully saturated rings. The van der Waals surface area contributed by atoms with Crippen LogP contribution in [0.3, 0.4) is 0 Å². The van der Waals surface area contributed by atoms with Crippen molar-refractivity contribution in [2.45, 2.75) is 25.2 Å². The first-order chi connectivity index (χ1) is 12.6. The predicted octanol–water partition coefficient (Wildman–Crippen LogP) is 3.80. The first kappa shape index (κ1) is 15.3. The van der Waals surface area contributed by atoms with E-state index in [4.69, 9.17) is 4.99 Å². The van der Waals surface area contributed by atoms with Crippen molar-refractivity contribution in [3.63, 3.8) is 0 Å². The lowest BCUT2D eigenvalue weighted by Crippen LogP contribution is -2.33. The molecule has 0 spiro atoms. The Bertz CT molecular complexity index is 1030. The van der Waals surface area contributed by atoms with Gasteiger partial charge in [0.05, 0.1) is 11.6 Å². The van der Waals surface area contributed by atoms with Crippen LogP contribution < -0.4 is 0 Å². The molecule has 0 amide bonds. The minimum absolute atomic E-state index is 0.0117. The maximum atomic E-state index is 13.2. The standard InChI is InChI=1S/C22H17NO3/c24-13-6-3-5-12(11-13)18-19-16(9-4-10-17(19)25)23-21-14-7-1-2-8-15(14)22(26)20(18)21/h1-3,5-8,11,18,20,24H,4,9-10H2/t18-,20?/m0/s1. The summed E-state index contributed by atoms with van der Waals surface area (Å²) in [5, 5.41) is 9.97. The molecule has 4 heteroatoms. The third-order valence-electron chi connectivity index (χ3n) is 5.60. The van der Waals surface area contributed by atoms with Gasteiger partial charge in [0.25, 0.3) is 0 Å². The summed E-state index contributed by atoms with van der Waals surface area (Å²) >= 11 is 0. The summed E-state index contributed by atoms with van der Waals surface area (Å²) in [6.45, 7) is 0. The molecule has 3 aliphatic rings. The van der Waals surface area contributed by atoms with Crippen LogP contribution in [-0.2, 0) is 4.79 Å². The fourth-order valence-electron chi connectivity index (χ4n) is 4.52. The van der Waals surface area contributed by atoms with Crippen LogP contribution in [0.2, 0.25) is 0 Å². The molecular formula is C22H17NO3. The molecule has 0 aromatic heterocycles. The number of Topliss-reactive ketones (excluding diaryl/α,β-unsaturated/α-hetero) is 2. The molecule has 0 bridgehead atoms. The van der Waals surface area contributed by atoms with Gasteiger partial charge in [0.1, 0.15) is 5.75 Å². The first-order valence-corrected chi connectivity index (χ1v) is 8.92. The molecule has 128 valence electrons. The van der Waals surface area contributed by atoms with Crippen LogP contribution in [-0.4, -0.2) is 22.4 Å². The van der Waals surface area contributed by atoms with Gasteiger partial charge in [0.15, 0.2) is 11.6 Å². The number of allylic oxidation sites excluding steroid dienone is 2. The Kier molecular flexibility index (Phi) is 3.23. The number of aromatic hydroxyl groups is 1. The number of phenols is 1. The summed E-state index contributed by atoms with van der Waals surface area (Å²) in [4.78, 5) is 30.8. The van der Waals surface area contributed by atoms with E-state index in [-0.39, 0.29) is 23.2 Å². The van der Waals surface area contributed by atoms with Gasteiger partial charge in [-0.05, 0) is 30.5 Å². The zero-order valence-corrected chi connectivity index (χ0v) is 14.1. The molecule has 1 aliphatic heterocycles. The van der Waals surface area contributed by atoms with Crippen LogP contribution in [0.5, 0.6) is 5.75 Å². The fourth-order valence-corrected chi connectivity index (χ4v) is 4.52. The number of carbonyl (C=O) groups excluding carboxylic acids is 2. The van der Waals surface area contributed by atoms with E-state index >= 15 is 0 Å². The van der Waals surface area contributed by atoms with Crippen molar-refractivity contribution in [2.24, 2.45) is 10.9 Å². The summed E-state index contributed by atoms with van der Waals surface area (Å²) in [7, 11) is 0. The van der Waals surface area contributed by atoms with Gasteiger partial charge in [0, 0.05) is 34.7 Å². The molecule has 5 rings (SSSR count). The molecule has 2 aromatic rings. The fraction of sp³-hybridized carbons (Fsp3) is 0.227. The normalized spacial score (nSPS) is 24.1. The molecule has 1 unspecified atom stereocenters. The van der Waals surface area contributed by atoms with E-state index in [9.17, 15) is 14.7 Å². The summed E-state index contributed by atoms with van der Waals surface area (Å²) in [5.74, 6) is -0.643. The summed E-state index contributed by atoms with van der Waals surface area (Å²) in [6.07, 6.45) is 2.04. The van der Waals surface area contributed by atoms with Gasteiger partial charge in [-0.2, -0.15) is 0 Å². The van der Waals surface area contributed by atoms with E-state index in [0.717, 1.165) is 35.4 Å². The van der Waals surface area contributed by atoms with E-state index in [2.05, 4.69) is 0 Å². The highest BCUT2D eigenvalue weighted by molar-refractivity contribution is 6.30. The van der Waals surface area contributed by atoms with E-state index in [1.165, 1.54) is 0 Å². The number of nitrogens with zero attached hydrogens (tertiary/aromatic N) is 1. The SMILES string of the molecule is O=C1CCCC2=C1[C@H](c1cccc(O)c1)C1C(=O)c3ccccc3C1=N2. The van der Waals surface area contributed by atoms with Crippen molar-refractivity contribution in [1.29, 1.82) is 0 Å². The molecule has 0 saturated heterocycles. The Labute approximate surface area is 150 Å². The smallest absolute Gasteiger partial charge is 0.173 e. The van der Waals surface area contributed by atoms with Crippen LogP contribution in [0.4, 0.5) is 0 Å². The van der Waals surface area contributed by atoms with Gasteiger partial charge in [-0.15, -0.1) is 0 Å². The molecule has 1 N–H and O–H groups in total. The second kappa shape index (κ2) is 5.49. The first-order valence-electron chi connectivity index (χ1n) is 8.92. The zero-order valence-electron chi connectivity index (χ0n) is 14.1. The van der Waals surface area contributed by atoms with Gasteiger partial charge < -0.3 is 5.11 Å². The molecule has 0 saturated carbocycles. The minimum Gasteiger partial charge on any atom is -0.508 e. The number of aliphatic imine (C=N–C) groups is 1. The number of hydrogen-bond acceptors (Lipinski definition) is 4. The maximum Gasteiger partial charge on any atom is 0.173 e. The third kappa shape index (κ3) is 2.05. The molecule has 2 aliphatic carbocycles. The van der Waals surface area contributed by atoms with Crippen molar-refractivity contribution < 1.29 is 14.7 Å². The molecule has 0 radical (unpaired) electrons. The lowest BCUT2D eigenvalue weighted by Gasteiger charge is -2.33. The topological polar surface area (TPSA) is 66.7 Å². The maximum absolute atomic E-state index is 13.2. The average molecular weight is 343 g/mol. The lowest BCUT2D eigenvalue weighted by molar-refractivity contribution is -0.116. The van der Waals surface area contributed by atoms with Crippen molar-refractivity contribution in [3.8, 4) is 5.75 Å². The highest BCUT2D eigenvalue weighted by Crippen LogP contribution is 2.48. The molecule has 2 atom stereocenters. The quantitative estimate of drug-likeness (QED) is 0.856. The number of rotatable bonds is 1. The van der Waals surface area contributed by atoms with Crippen LogP contribution in [0.15, 0.2) is 64.8 Å².